The average Bonchev–Trinajstić information content (AvgIpc) is 2.83. The largest absolute Gasteiger partial charge is 0.497 e. The third-order valence-electron chi connectivity index (χ3n) is 6.02. The van der Waals surface area contributed by atoms with E-state index in [9.17, 15) is 9.59 Å². The van der Waals surface area contributed by atoms with Crippen LogP contribution in [-0.4, -0.2) is 24.3 Å². The van der Waals surface area contributed by atoms with Crippen molar-refractivity contribution in [2.24, 2.45) is 0 Å². The number of anilines is 1. The number of carbonyl (C=O) groups is 2. The summed E-state index contributed by atoms with van der Waals surface area (Å²) in [6.45, 7) is 6.30. The lowest BCUT2D eigenvalue weighted by atomic mass is 9.85. The monoisotopic (exact) mass is 454 g/mol. The molecule has 2 N–H and O–H groups in total. The number of aryl methyl sites for hydroxylation is 1. The minimum atomic E-state index is -0.206. The van der Waals surface area contributed by atoms with Crippen molar-refractivity contribution in [3.05, 3.63) is 101 Å². The number of hydrogen-bond donors (Lipinski definition) is 2. The molecule has 0 atom stereocenters. The predicted octanol–water partition coefficient (Wildman–Crippen LogP) is 5.66. The summed E-state index contributed by atoms with van der Waals surface area (Å²) in [5.74, 6) is 0.398. The predicted molar refractivity (Wildman–Crippen MR) is 136 cm³/mol. The van der Waals surface area contributed by atoms with Crippen LogP contribution < -0.4 is 15.4 Å². The van der Waals surface area contributed by atoms with Crippen LogP contribution in [0.2, 0.25) is 0 Å². The van der Waals surface area contributed by atoms with Gasteiger partial charge in [-0.15, -0.1) is 0 Å². The van der Waals surface area contributed by atoms with E-state index in [1.54, 1.807) is 37.5 Å². The third kappa shape index (κ3) is 5.20. The minimum Gasteiger partial charge on any atom is -0.497 e. The smallest absolute Gasteiger partial charge is 0.255 e. The second-order valence-corrected chi connectivity index (χ2v) is 9.22. The highest BCUT2D eigenvalue weighted by Gasteiger charge is 2.28. The van der Waals surface area contributed by atoms with Crippen LogP contribution in [-0.2, 0) is 12.8 Å². The molecule has 1 aliphatic heterocycles. The Morgan fingerprint density at radius 2 is 1.79 bits per heavy atom. The molecule has 1 aliphatic rings. The molecule has 0 spiro atoms. The zero-order valence-corrected chi connectivity index (χ0v) is 20.1. The molecule has 0 saturated carbocycles. The van der Waals surface area contributed by atoms with Gasteiger partial charge in [0, 0.05) is 39.7 Å². The molecule has 34 heavy (non-hydrogen) atoms. The Kier molecular flexibility index (Phi) is 6.55. The lowest BCUT2D eigenvalue weighted by Crippen LogP contribution is -2.43. The molecule has 0 unspecified atom stereocenters. The van der Waals surface area contributed by atoms with E-state index in [0.717, 1.165) is 29.9 Å². The molecular weight excluding hydrogens is 424 g/mol. The van der Waals surface area contributed by atoms with Gasteiger partial charge in [0.05, 0.1) is 7.11 Å². The Bertz CT molecular complexity index is 1260. The van der Waals surface area contributed by atoms with Crippen LogP contribution in [0.4, 0.5) is 5.69 Å². The summed E-state index contributed by atoms with van der Waals surface area (Å²) < 4.78 is 5.39. The molecule has 0 saturated heterocycles. The van der Waals surface area contributed by atoms with E-state index in [1.807, 2.05) is 36.4 Å². The summed E-state index contributed by atoms with van der Waals surface area (Å²) in [5, 5.41) is 6.39. The van der Waals surface area contributed by atoms with Crippen molar-refractivity contribution < 1.29 is 14.3 Å². The number of nitrogens with one attached hydrogen (secondary N) is 2. The van der Waals surface area contributed by atoms with Crippen molar-refractivity contribution >= 4 is 23.1 Å². The number of amides is 1. The zero-order valence-electron chi connectivity index (χ0n) is 20.1. The summed E-state index contributed by atoms with van der Waals surface area (Å²) in [6, 6.07) is 20.5. The summed E-state index contributed by atoms with van der Waals surface area (Å²) >= 11 is 0. The second-order valence-electron chi connectivity index (χ2n) is 9.22. The van der Waals surface area contributed by atoms with Gasteiger partial charge in [-0.2, -0.15) is 0 Å². The number of ketones is 1. The Labute approximate surface area is 200 Å². The highest BCUT2D eigenvalue weighted by Crippen LogP contribution is 2.32. The molecule has 1 heterocycles. The first-order valence-corrected chi connectivity index (χ1v) is 11.5. The van der Waals surface area contributed by atoms with Crippen molar-refractivity contribution in [3.8, 4) is 5.75 Å². The van der Waals surface area contributed by atoms with E-state index in [0.29, 0.717) is 16.8 Å². The van der Waals surface area contributed by atoms with Gasteiger partial charge in [-0.25, -0.2) is 0 Å². The maximum Gasteiger partial charge on any atom is 0.255 e. The number of benzene rings is 3. The second kappa shape index (κ2) is 9.56. The number of carbonyl (C=O) groups excluding carboxylic acids is 2. The number of allylic oxidation sites excluding steroid dienone is 1. The van der Waals surface area contributed by atoms with Crippen molar-refractivity contribution in [2.45, 2.75) is 39.2 Å². The molecule has 0 radical (unpaired) electrons. The first-order chi connectivity index (χ1) is 16.3. The summed E-state index contributed by atoms with van der Waals surface area (Å²) in [4.78, 5) is 25.9. The fraction of sp³-hybridized carbons (Fsp3) is 0.241. The van der Waals surface area contributed by atoms with E-state index in [-0.39, 0.29) is 17.2 Å². The van der Waals surface area contributed by atoms with E-state index >= 15 is 0 Å². The molecule has 1 amide bonds. The first-order valence-electron chi connectivity index (χ1n) is 11.5. The molecule has 4 rings (SSSR count). The lowest BCUT2D eigenvalue weighted by Gasteiger charge is -2.35. The average molecular weight is 455 g/mol. The summed E-state index contributed by atoms with van der Waals surface area (Å²) in [5.41, 5.74) is 5.54. The Morgan fingerprint density at radius 1 is 1.03 bits per heavy atom. The standard InChI is InChI=1S/C29H30N2O3/c1-5-19-9-11-20(12-10-19)28(33)30-23-8-6-7-21(15-23)27(32)17-26-25-16-24(34-4)14-13-22(25)18-29(2,3)31-26/h6-17,31H,5,18H2,1-4H3,(H,30,33). The number of ether oxygens (including phenoxy) is 1. The maximum atomic E-state index is 13.2. The SMILES string of the molecule is CCc1ccc(C(=O)Nc2cccc(C(=O)C=C3NC(C)(C)Cc4ccc(OC)cc43)c2)cc1. The van der Waals surface area contributed by atoms with Crippen LogP contribution in [0.15, 0.2) is 72.8 Å². The van der Waals surface area contributed by atoms with Gasteiger partial charge in [0.1, 0.15) is 5.75 Å². The molecular formula is C29H30N2O3. The van der Waals surface area contributed by atoms with Gasteiger partial charge in [0.2, 0.25) is 0 Å². The van der Waals surface area contributed by atoms with Gasteiger partial charge < -0.3 is 15.4 Å². The summed E-state index contributed by atoms with van der Waals surface area (Å²) in [6.07, 6.45) is 3.40. The zero-order chi connectivity index (χ0) is 24.3. The Morgan fingerprint density at radius 3 is 2.50 bits per heavy atom. The number of rotatable bonds is 6. The van der Waals surface area contributed by atoms with Crippen LogP contribution >= 0.6 is 0 Å². The molecule has 5 nitrogen and oxygen atoms in total. The van der Waals surface area contributed by atoms with Gasteiger partial charge >= 0.3 is 0 Å². The van der Waals surface area contributed by atoms with Crippen molar-refractivity contribution in [1.29, 1.82) is 0 Å². The maximum absolute atomic E-state index is 13.2. The van der Waals surface area contributed by atoms with Crippen LogP contribution in [0.1, 0.15) is 58.2 Å². The molecule has 0 bridgehead atoms. The van der Waals surface area contributed by atoms with Gasteiger partial charge in [-0.3, -0.25) is 9.59 Å². The van der Waals surface area contributed by atoms with Crippen LogP contribution in [0.3, 0.4) is 0 Å². The van der Waals surface area contributed by atoms with Crippen molar-refractivity contribution in [1.82, 2.24) is 5.32 Å². The fourth-order valence-electron chi connectivity index (χ4n) is 4.21. The molecule has 5 heteroatoms. The molecule has 174 valence electrons. The van der Waals surface area contributed by atoms with E-state index < -0.39 is 0 Å². The van der Waals surface area contributed by atoms with E-state index in [1.165, 1.54) is 11.1 Å². The molecule has 0 fully saturated rings. The summed E-state index contributed by atoms with van der Waals surface area (Å²) in [7, 11) is 1.63. The lowest BCUT2D eigenvalue weighted by molar-refractivity contribution is 0.102. The molecule has 0 aliphatic carbocycles. The van der Waals surface area contributed by atoms with Crippen molar-refractivity contribution in [2.75, 3.05) is 12.4 Å². The topological polar surface area (TPSA) is 67.4 Å². The molecule has 3 aromatic rings. The van der Waals surface area contributed by atoms with Gasteiger partial charge in [-0.1, -0.05) is 37.3 Å². The minimum absolute atomic E-state index is 0.141. The Balaban J connectivity index is 1.58. The van der Waals surface area contributed by atoms with Crippen LogP contribution in [0.25, 0.3) is 5.70 Å². The quantitative estimate of drug-likeness (QED) is 0.373. The van der Waals surface area contributed by atoms with Crippen LogP contribution in [0.5, 0.6) is 5.75 Å². The number of hydrogen-bond acceptors (Lipinski definition) is 4. The van der Waals surface area contributed by atoms with Gasteiger partial charge in [0.15, 0.2) is 5.78 Å². The third-order valence-corrected chi connectivity index (χ3v) is 6.02. The number of fused-ring (bicyclic) bond motifs is 1. The van der Waals surface area contributed by atoms with Crippen LogP contribution in [0, 0.1) is 0 Å². The van der Waals surface area contributed by atoms with E-state index in [4.69, 9.17) is 4.74 Å². The van der Waals surface area contributed by atoms with Gasteiger partial charge in [-0.05, 0) is 74.2 Å². The highest BCUT2D eigenvalue weighted by molar-refractivity contribution is 6.10. The fourth-order valence-corrected chi connectivity index (χ4v) is 4.21. The Hall–Kier alpha value is -3.86. The normalized spacial score (nSPS) is 15.2. The molecule has 0 aromatic heterocycles. The molecule has 3 aromatic carbocycles. The van der Waals surface area contributed by atoms with Gasteiger partial charge in [0.25, 0.3) is 5.91 Å². The highest BCUT2D eigenvalue weighted by atomic mass is 16.5. The number of methoxy groups -OCH3 is 1. The van der Waals surface area contributed by atoms with E-state index in [2.05, 4.69) is 37.5 Å². The van der Waals surface area contributed by atoms with Crippen molar-refractivity contribution in [3.63, 3.8) is 0 Å². The first kappa shape index (κ1) is 23.3.